The summed E-state index contributed by atoms with van der Waals surface area (Å²) in [6.07, 6.45) is 4.32. The number of anilines is 2. The van der Waals surface area contributed by atoms with Gasteiger partial charge in [-0.3, -0.25) is 4.79 Å². The number of carbonyl (C=O) groups is 1. The lowest BCUT2D eigenvalue weighted by atomic mass is 10.2. The third-order valence-electron chi connectivity index (χ3n) is 4.04. The van der Waals surface area contributed by atoms with E-state index in [-0.39, 0.29) is 5.91 Å². The van der Waals surface area contributed by atoms with Crippen LogP contribution in [0, 0.1) is 0 Å². The van der Waals surface area contributed by atoms with Gasteiger partial charge in [-0.15, -0.1) is 0 Å². The zero-order chi connectivity index (χ0) is 18.8. The largest absolute Gasteiger partial charge is 0.494 e. The second kappa shape index (κ2) is 10.3. The van der Waals surface area contributed by atoms with Crippen molar-refractivity contribution >= 4 is 23.4 Å². The molecule has 0 aliphatic heterocycles. The van der Waals surface area contributed by atoms with Crippen LogP contribution >= 0.6 is 0 Å². The van der Waals surface area contributed by atoms with E-state index in [1.807, 2.05) is 48.5 Å². The molecule has 2 aromatic carbocycles. The minimum Gasteiger partial charge on any atom is -0.494 e. The van der Waals surface area contributed by atoms with E-state index in [9.17, 15) is 4.79 Å². The minimum atomic E-state index is -0.146. The first-order valence-corrected chi connectivity index (χ1v) is 9.23. The van der Waals surface area contributed by atoms with Crippen molar-refractivity contribution in [1.29, 1.82) is 0 Å². The first-order valence-electron chi connectivity index (χ1n) is 9.23. The molecule has 0 spiro atoms. The third-order valence-corrected chi connectivity index (χ3v) is 4.04. The van der Waals surface area contributed by atoms with Gasteiger partial charge in [0.1, 0.15) is 5.75 Å². The summed E-state index contributed by atoms with van der Waals surface area (Å²) in [7, 11) is 0. The fraction of sp³-hybridized carbons (Fsp3) is 0.318. The maximum Gasteiger partial charge on any atom is 0.248 e. The number of ether oxygens (including phenoxy) is 1. The molecule has 1 amide bonds. The van der Waals surface area contributed by atoms with Crippen molar-refractivity contribution in [2.24, 2.45) is 0 Å². The highest BCUT2D eigenvalue weighted by molar-refractivity contribution is 6.02. The lowest BCUT2D eigenvalue weighted by Crippen LogP contribution is -2.21. The van der Waals surface area contributed by atoms with Crippen LogP contribution in [-0.2, 0) is 4.79 Å². The number of nitrogens with zero attached hydrogens (tertiary/aromatic N) is 1. The van der Waals surface area contributed by atoms with Crippen molar-refractivity contribution in [2.75, 3.05) is 29.9 Å². The van der Waals surface area contributed by atoms with E-state index in [0.717, 1.165) is 42.2 Å². The summed E-state index contributed by atoms with van der Waals surface area (Å²) in [6.45, 7) is 8.98. The van der Waals surface area contributed by atoms with E-state index in [2.05, 4.69) is 31.0 Å². The molecule has 2 rings (SSSR count). The Bertz CT molecular complexity index is 702. The van der Waals surface area contributed by atoms with E-state index in [4.69, 9.17) is 4.74 Å². The van der Waals surface area contributed by atoms with Crippen LogP contribution in [0.4, 0.5) is 11.4 Å². The Kier molecular flexibility index (Phi) is 7.75. The summed E-state index contributed by atoms with van der Waals surface area (Å²) in [5.41, 5.74) is 2.91. The Labute approximate surface area is 156 Å². The van der Waals surface area contributed by atoms with E-state index in [1.165, 1.54) is 0 Å². The Hall–Kier alpha value is -2.75. The molecular formula is C22H28N2O2. The number of hydrogen-bond donors (Lipinski definition) is 1. The van der Waals surface area contributed by atoms with Crippen molar-refractivity contribution < 1.29 is 9.53 Å². The second-order valence-corrected chi connectivity index (χ2v) is 5.96. The van der Waals surface area contributed by atoms with Gasteiger partial charge >= 0.3 is 0 Å². The molecule has 0 heterocycles. The highest BCUT2D eigenvalue weighted by atomic mass is 16.5. The van der Waals surface area contributed by atoms with Crippen LogP contribution < -0.4 is 15.0 Å². The van der Waals surface area contributed by atoms with E-state index in [0.29, 0.717) is 6.61 Å². The third kappa shape index (κ3) is 5.96. The fourth-order valence-corrected chi connectivity index (χ4v) is 2.60. The van der Waals surface area contributed by atoms with Crippen LogP contribution in [0.3, 0.4) is 0 Å². The Morgan fingerprint density at radius 1 is 1.00 bits per heavy atom. The molecule has 2 aromatic rings. The second-order valence-electron chi connectivity index (χ2n) is 5.96. The molecule has 26 heavy (non-hydrogen) atoms. The summed E-state index contributed by atoms with van der Waals surface area (Å²) in [5.74, 6) is 0.702. The quantitative estimate of drug-likeness (QED) is 0.648. The van der Waals surface area contributed by atoms with Gasteiger partial charge in [-0.25, -0.2) is 0 Å². The number of amides is 1. The highest BCUT2D eigenvalue weighted by Gasteiger charge is 2.03. The van der Waals surface area contributed by atoms with E-state index >= 15 is 0 Å². The van der Waals surface area contributed by atoms with Crippen LogP contribution in [0.15, 0.2) is 54.6 Å². The van der Waals surface area contributed by atoms with Gasteiger partial charge in [0.25, 0.3) is 0 Å². The van der Waals surface area contributed by atoms with Crippen LogP contribution in [-0.4, -0.2) is 25.6 Å². The summed E-state index contributed by atoms with van der Waals surface area (Å²) in [4.78, 5) is 14.4. The molecule has 1 N–H and O–H groups in total. The monoisotopic (exact) mass is 352 g/mol. The molecule has 0 aliphatic rings. The predicted molar refractivity (Wildman–Crippen MR) is 110 cm³/mol. The Morgan fingerprint density at radius 3 is 2.23 bits per heavy atom. The normalized spacial score (nSPS) is 10.7. The van der Waals surface area contributed by atoms with Crippen molar-refractivity contribution in [2.45, 2.75) is 27.2 Å². The average Bonchev–Trinajstić information content (AvgIpc) is 2.68. The summed E-state index contributed by atoms with van der Waals surface area (Å²) >= 11 is 0. The average molecular weight is 352 g/mol. The van der Waals surface area contributed by atoms with Gasteiger partial charge in [0.05, 0.1) is 6.61 Å². The van der Waals surface area contributed by atoms with E-state index < -0.39 is 0 Å². The van der Waals surface area contributed by atoms with E-state index in [1.54, 1.807) is 12.2 Å². The first-order chi connectivity index (χ1) is 12.7. The van der Waals surface area contributed by atoms with Gasteiger partial charge in [0, 0.05) is 30.5 Å². The molecule has 4 heteroatoms. The number of hydrogen-bond acceptors (Lipinski definition) is 3. The maximum atomic E-state index is 12.1. The molecule has 0 aliphatic carbocycles. The minimum absolute atomic E-state index is 0.146. The van der Waals surface area contributed by atoms with Gasteiger partial charge in [-0.1, -0.05) is 19.1 Å². The summed E-state index contributed by atoms with van der Waals surface area (Å²) < 4.78 is 5.55. The van der Waals surface area contributed by atoms with Crippen LogP contribution in [0.1, 0.15) is 32.8 Å². The molecule has 0 saturated carbocycles. The predicted octanol–water partition coefficient (Wildman–Crippen LogP) is 4.97. The standard InChI is InChI=1S/C22H28N2O2/c1-4-17-26-21-14-7-18(8-15-21)9-16-22(25)23-19-10-12-20(13-11-19)24(5-2)6-3/h7-16H,4-6,17H2,1-3H3,(H,23,25)/b16-9+. The summed E-state index contributed by atoms with van der Waals surface area (Å²) in [5, 5.41) is 2.88. The SMILES string of the molecule is CCCOc1ccc(/C=C/C(=O)Nc2ccc(N(CC)CC)cc2)cc1. The lowest BCUT2D eigenvalue weighted by Gasteiger charge is -2.21. The molecule has 0 saturated heterocycles. The lowest BCUT2D eigenvalue weighted by molar-refractivity contribution is -0.111. The molecule has 0 aromatic heterocycles. The molecule has 0 radical (unpaired) electrons. The fourth-order valence-electron chi connectivity index (χ4n) is 2.60. The van der Waals surface area contributed by atoms with Gasteiger partial charge in [-0.05, 0) is 68.3 Å². The summed E-state index contributed by atoms with van der Waals surface area (Å²) in [6, 6.07) is 15.6. The highest BCUT2D eigenvalue weighted by Crippen LogP contribution is 2.18. The molecule has 138 valence electrons. The zero-order valence-electron chi connectivity index (χ0n) is 15.9. The molecule has 0 fully saturated rings. The molecule has 0 atom stereocenters. The van der Waals surface area contributed by atoms with Crippen LogP contribution in [0.5, 0.6) is 5.75 Å². The van der Waals surface area contributed by atoms with Crippen molar-refractivity contribution in [3.63, 3.8) is 0 Å². The Morgan fingerprint density at radius 2 is 1.65 bits per heavy atom. The van der Waals surface area contributed by atoms with Gasteiger partial charge < -0.3 is 15.0 Å². The molecule has 0 unspecified atom stereocenters. The number of rotatable bonds is 9. The van der Waals surface area contributed by atoms with Gasteiger partial charge in [0.2, 0.25) is 5.91 Å². The zero-order valence-corrected chi connectivity index (χ0v) is 15.9. The van der Waals surface area contributed by atoms with Crippen molar-refractivity contribution in [3.05, 3.63) is 60.2 Å². The number of benzene rings is 2. The molecular weight excluding hydrogens is 324 g/mol. The number of carbonyl (C=O) groups excluding carboxylic acids is 1. The van der Waals surface area contributed by atoms with Crippen molar-refractivity contribution in [1.82, 2.24) is 0 Å². The van der Waals surface area contributed by atoms with Gasteiger partial charge in [-0.2, -0.15) is 0 Å². The van der Waals surface area contributed by atoms with Crippen molar-refractivity contribution in [3.8, 4) is 5.75 Å². The topological polar surface area (TPSA) is 41.6 Å². The molecule has 0 bridgehead atoms. The maximum absolute atomic E-state index is 12.1. The first kappa shape index (κ1) is 19.6. The Balaban J connectivity index is 1.90. The van der Waals surface area contributed by atoms with Crippen LogP contribution in [0.2, 0.25) is 0 Å². The smallest absolute Gasteiger partial charge is 0.248 e. The van der Waals surface area contributed by atoms with Crippen LogP contribution in [0.25, 0.3) is 6.08 Å². The van der Waals surface area contributed by atoms with Gasteiger partial charge in [0.15, 0.2) is 0 Å². The number of nitrogens with one attached hydrogen (secondary N) is 1. The molecule has 4 nitrogen and oxygen atoms in total.